The van der Waals surface area contributed by atoms with Gasteiger partial charge in [-0.1, -0.05) is 5.16 Å². The van der Waals surface area contributed by atoms with Gasteiger partial charge in [-0.3, -0.25) is 4.79 Å². The lowest BCUT2D eigenvalue weighted by Crippen LogP contribution is -2.47. The Bertz CT molecular complexity index is 402. The van der Waals surface area contributed by atoms with Crippen LogP contribution in [0.25, 0.3) is 0 Å². The molecule has 1 fully saturated rings. The van der Waals surface area contributed by atoms with E-state index in [2.05, 4.69) is 10.5 Å². The molecule has 1 N–H and O–H groups in total. The standard InChI is InChI=1S/C13H21N3O2/c1-9-12(10(2)18-15-9)7-13(17)16(3)11-5-4-6-14-8-11/h11,14H,4-8H2,1-3H3. The maximum Gasteiger partial charge on any atom is 0.227 e. The van der Waals surface area contributed by atoms with E-state index in [0.717, 1.165) is 42.9 Å². The molecule has 0 aliphatic carbocycles. The second kappa shape index (κ2) is 5.52. The molecule has 0 radical (unpaired) electrons. The molecule has 5 heteroatoms. The summed E-state index contributed by atoms with van der Waals surface area (Å²) in [6.45, 7) is 5.68. The third kappa shape index (κ3) is 2.72. The zero-order valence-corrected chi connectivity index (χ0v) is 11.3. The van der Waals surface area contributed by atoms with Crippen molar-refractivity contribution in [1.82, 2.24) is 15.4 Å². The summed E-state index contributed by atoms with van der Waals surface area (Å²) in [7, 11) is 1.89. The van der Waals surface area contributed by atoms with E-state index >= 15 is 0 Å². The molecule has 0 bridgehead atoms. The number of carbonyl (C=O) groups is 1. The van der Waals surface area contributed by atoms with Gasteiger partial charge in [0.2, 0.25) is 5.91 Å². The van der Waals surface area contributed by atoms with Crippen molar-refractivity contribution in [1.29, 1.82) is 0 Å². The largest absolute Gasteiger partial charge is 0.361 e. The van der Waals surface area contributed by atoms with Crippen LogP contribution in [-0.4, -0.2) is 42.1 Å². The Hall–Kier alpha value is -1.36. The first kappa shape index (κ1) is 13.1. The summed E-state index contributed by atoms with van der Waals surface area (Å²) < 4.78 is 5.09. The molecule has 0 spiro atoms. The van der Waals surface area contributed by atoms with E-state index in [-0.39, 0.29) is 5.91 Å². The van der Waals surface area contributed by atoms with Gasteiger partial charge in [0.05, 0.1) is 12.1 Å². The van der Waals surface area contributed by atoms with Gasteiger partial charge in [-0.15, -0.1) is 0 Å². The van der Waals surface area contributed by atoms with Gasteiger partial charge in [0.25, 0.3) is 0 Å². The zero-order valence-electron chi connectivity index (χ0n) is 11.3. The van der Waals surface area contributed by atoms with Gasteiger partial charge in [0.1, 0.15) is 5.76 Å². The minimum atomic E-state index is 0.137. The van der Waals surface area contributed by atoms with Crippen molar-refractivity contribution in [2.45, 2.75) is 39.2 Å². The maximum absolute atomic E-state index is 12.2. The normalized spacial score (nSPS) is 19.8. The van der Waals surface area contributed by atoms with Gasteiger partial charge in [-0.05, 0) is 33.2 Å². The Kier molecular flexibility index (Phi) is 4.01. The summed E-state index contributed by atoms with van der Waals surface area (Å²) in [4.78, 5) is 14.1. The average Bonchev–Trinajstić information content (AvgIpc) is 2.70. The van der Waals surface area contributed by atoms with Crippen LogP contribution in [0.1, 0.15) is 29.9 Å². The Balaban J connectivity index is 1.99. The molecule has 2 heterocycles. The van der Waals surface area contributed by atoms with E-state index in [1.165, 1.54) is 0 Å². The van der Waals surface area contributed by atoms with Gasteiger partial charge in [-0.2, -0.15) is 0 Å². The first-order valence-electron chi connectivity index (χ1n) is 6.47. The van der Waals surface area contributed by atoms with E-state index in [1.54, 1.807) is 0 Å². The third-order valence-electron chi connectivity index (χ3n) is 3.72. The van der Waals surface area contributed by atoms with Crippen LogP contribution in [0.3, 0.4) is 0 Å². The van der Waals surface area contributed by atoms with Crippen molar-refractivity contribution in [3.05, 3.63) is 17.0 Å². The number of nitrogens with zero attached hydrogens (tertiary/aromatic N) is 2. The lowest BCUT2D eigenvalue weighted by molar-refractivity contribution is -0.131. The average molecular weight is 251 g/mol. The number of hydrogen-bond acceptors (Lipinski definition) is 4. The van der Waals surface area contributed by atoms with Gasteiger partial charge in [-0.25, -0.2) is 0 Å². The maximum atomic E-state index is 12.2. The Morgan fingerprint density at radius 2 is 2.33 bits per heavy atom. The van der Waals surface area contributed by atoms with Gasteiger partial charge >= 0.3 is 0 Å². The van der Waals surface area contributed by atoms with Crippen LogP contribution >= 0.6 is 0 Å². The molecule has 100 valence electrons. The van der Waals surface area contributed by atoms with Gasteiger partial charge in [0, 0.05) is 25.2 Å². The lowest BCUT2D eigenvalue weighted by Gasteiger charge is -2.31. The van der Waals surface area contributed by atoms with Crippen LogP contribution < -0.4 is 5.32 Å². The Morgan fingerprint density at radius 3 is 2.89 bits per heavy atom. The second-order valence-corrected chi connectivity index (χ2v) is 4.98. The molecule has 1 aliphatic heterocycles. The van der Waals surface area contributed by atoms with E-state index < -0.39 is 0 Å². The van der Waals surface area contributed by atoms with E-state index in [9.17, 15) is 4.79 Å². The first-order valence-corrected chi connectivity index (χ1v) is 6.47. The molecule has 1 aliphatic rings. The molecule has 1 aromatic heterocycles. The fourth-order valence-electron chi connectivity index (χ4n) is 2.40. The number of piperidine rings is 1. The molecule has 1 amide bonds. The smallest absolute Gasteiger partial charge is 0.227 e. The van der Waals surface area contributed by atoms with Crippen LogP contribution in [0.5, 0.6) is 0 Å². The summed E-state index contributed by atoms with van der Waals surface area (Å²) >= 11 is 0. The molecular weight excluding hydrogens is 230 g/mol. The molecule has 0 saturated carbocycles. The SMILES string of the molecule is Cc1noc(C)c1CC(=O)N(C)C1CCCNC1. The number of likely N-dealkylation sites (N-methyl/N-ethyl adjacent to an activating group) is 1. The van der Waals surface area contributed by atoms with Gasteiger partial charge < -0.3 is 14.7 Å². The van der Waals surface area contributed by atoms with Crippen LogP contribution in [0.15, 0.2) is 4.52 Å². The highest BCUT2D eigenvalue weighted by Crippen LogP contribution is 2.16. The Morgan fingerprint density at radius 1 is 1.56 bits per heavy atom. The molecule has 0 aromatic carbocycles. The fourth-order valence-corrected chi connectivity index (χ4v) is 2.40. The Labute approximate surface area is 108 Å². The molecule has 2 rings (SSSR count). The monoisotopic (exact) mass is 251 g/mol. The van der Waals surface area contributed by atoms with E-state index in [4.69, 9.17) is 4.52 Å². The van der Waals surface area contributed by atoms with Crippen molar-refractivity contribution in [3.8, 4) is 0 Å². The number of amides is 1. The van der Waals surface area contributed by atoms with Crippen molar-refractivity contribution in [3.63, 3.8) is 0 Å². The highest BCUT2D eigenvalue weighted by Gasteiger charge is 2.23. The highest BCUT2D eigenvalue weighted by molar-refractivity contribution is 5.79. The number of carbonyl (C=O) groups excluding carboxylic acids is 1. The summed E-state index contributed by atoms with van der Waals surface area (Å²) in [5, 5.41) is 7.21. The molecule has 5 nitrogen and oxygen atoms in total. The molecular formula is C13H21N3O2. The number of aryl methyl sites for hydroxylation is 2. The molecule has 1 atom stereocenters. The van der Waals surface area contributed by atoms with Crippen molar-refractivity contribution < 1.29 is 9.32 Å². The molecule has 18 heavy (non-hydrogen) atoms. The molecule has 1 unspecified atom stereocenters. The van der Waals surface area contributed by atoms with Crippen LogP contribution in [0.2, 0.25) is 0 Å². The van der Waals surface area contributed by atoms with E-state index in [0.29, 0.717) is 12.5 Å². The summed E-state index contributed by atoms with van der Waals surface area (Å²) in [6, 6.07) is 0.312. The summed E-state index contributed by atoms with van der Waals surface area (Å²) in [5.74, 6) is 0.883. The van der Waals surface area contributed by atoms with Crippen LogP contribution in [-0.2, 0) is 11.2 Å². The predicted octanol–water partition coefficient (Wildman–Crippen LogP) is 1.04. The third-order valence-corrected chi connectivity index (χ3v) is 3.72. The molecule has 1 saturated heterocycles. The van der Waals surface area contributed by atoms with Crippen molar-refractivity contribution in [2.75, 3.05) is 20.1 Å². The van der Waals surface area contributed by atoms with Gasteiger partial charge in [0.15, 0.2) is 0 Å². The zero-order chi connectivity index (χ0) is 13.1. The minimum Gasteiger partial charge on any atom is -0.361 e. The highest BCUT2D eigenvalue weighted by atomic mass is 16.5. The van der Waals surface area contributed by atoms with E-state index in [1.807, 2.05) is 25.8 Å². The number of hydrogen-bond donors (Lipinski definition) is 1. The lowest BCUT2D eigenvalue weighted by atomic mass is 10.0. The predicted molar refractivity (Wildman–Crippen MR) is 68.3 cm³/mol. The number of nitrogens with one attached hydrogen (secondary N) is 1. The quantitative estimate of drug-likeness (QED) is 0.872. The summed E-state index contributed by atoms with van der Waals surface area (Å²) in [6.07, 6.45) is 2.60. The topological polar surface area (TPSA) is 58.4 Å². The van der Waals surface area contributed by atoms with Crippen LogP contribution in [0.4, 0.5) is 0 Å². The molecule has 1 aromatic rings. The first-order chi connectivity index (χ1) is 8.59. The summed E-state index contributed by atoms with van der Waals surface area (Å²) in [5.41, 5.74) is 1.74. The number of rotatable bonds is 3. The van der Waals surface area contributed by atoms with Crippen molar-refractivity contribution in [2.24, 2.45) is 0 Å². The minimum absolute atomic E-state index is 0.137. The second-order valence-electron chi connectivity index (χ2n) is 4.98. The van der Waals surface area contributed by atoms with Crippen LogP contribution in [0, 0.1) is 13.8 Å². The fraction of sp³-hybridized carbons (Fsp3) is 0.692. The number of aromatic nitrogens is 1. The van der Waals surface area contributed by atoms with Crippen molar-refractivity contribution >= 4 is 5.91 Å².